The van der Waals surface area contributed by atoms with Crippen LogP contribution in [0.25, 0.3) is 0 Å². The molecular weight excluding hydrogens is 290 g/mol. The van der Waals surface area contributed by atoms with Gasteiger partial charge in [0, 0.05) is 45.2 Å². The Bertz CT molecular complexity index is 488. The molecule has 6 nitrogen and oxygen atoms in total. The summed E-state index contributed by atoms with van der Waals surface area (Å²) in [6, 6.07) is 1.74. The molecule has 0 atom stereocenters. The van der Waals surface area contributed by atoms with Crippen LogP contribution in [-0.4, -0.2) is 40.3 Å². The van der Waals surface area contributed by atoms with Crippen molar-refractivity contribution in [2.75, 3.05) is 27.3 Å². The van der Waals surface area contributed by atoms with Crippen LogP contribution < -0.4 is 10.0 Å². The fourth-order valence-corrected chi connectivity index (χ4v) is 3.25. The van der Waals surface area contributed by atoms with Crippen molar-refractivity contribution in [2.24, 2.45) is 0 Å². The minimum Gasteiger partial charge on any atom is -0.385 e. The first-order chi connectivity index (χ1) is 10.0. The number of unbranched alkanes of at least 4 members (excludes halogenated alkanes) is 1. The SMILES string of the molecule is CCCn1cc(S(=O)(=O)NCCCCOC)cc1CNC. The molecule has 0 unspecified atom stereocenters. The minimum absolute atomic E-state index is 0.341. The fraction of sp³-hybridized carbons (Fsp3) is 0.714. The maximum Gasteiger partial charge on any atom is 0.242 e. The van der Waals surface area contributed by atoms with E-state index in [1.165, 1.54) is 0 Å². The van der Waals surface area contributed by atoms with Crippen LogP contribution in [0.4, 0.5) is 0 Å². The number of aryl methyl sites for hydroxylation is 1. The summed E-state index contributed by atoms with van der Waals surface area (Å²) in [4.78, 5) is 0.341. The van der Waals surface area contributed by atoms with Gasteiger partial charge >= 0.3 is 0 Å². The van der Waals surface area contributed by atoms with E-state index in [1.54, 1.807) is 19.4 Å². The molecule has 0 aliphatic carbocycles. The number of nitrogens with one attached hydrogen (secondary N) is 2. The molecule has 0 radical (unpaired) electrons. The topological polar surface area (TPSA) is 72.4 Å². The Kier molecular flexibility index (Phi) is 7.95. The van der Waals surface area contributed by atoms with E-state index in [1.807, 2.05) is 11.6 Å². The maximum atomic E-state index is 12.3. The Morgan fingerprint density at radius 3 is 2.71 bits per heavy atom. The Morgan fingerprint density at radius 1 is 1.33 bits per heavy atom. The highest BCUT2D eigenvalue weighted by Gasteiger charge is 2.17. The average Bonchev–Trinajstić information content (AvgIpc) is 2.84. The second-order valence-electron chi connectivity index (χ2n) is 4.99. The van der Waals surface area contributed by atoms with Crippen LogP contribution in [0.5, 0.6) is 0 Å². The van der Waals surface area contributed by atoms with Crippen LogP contribution in [-0.2, 0) is 27.8 Å². The molecule has 1 heterocycles. The van der Waals surface area contributed by atoms with Gasteiger partial charge in [0.05, 0.1) is 4.90 Å². The van der Waals surface area contributed by atoms with Crippen LogP contribution in [0, 0.1) is 0 Å². The molecule has 1 rings (SSSR count). The van der Waals surface area contributed by atoms with Crippen molar-refractivity contribution < 1.29 is 13.2 Å². The Balaban J connectivity index is 2.71. The molecule has 0 amide bonds. The smallest absolute Gasteiger partial charge is 0.242 e. The molecule has 0 aliphatic rings. The number of hydrogen-bond donors (Lipinski definition) is 2. The van der Waals surface area contributed by atoms with E-state index in [0.29, 0.717) is 24.6 Å². The van der Waals surface area contributed by atoms with Gasteiger partial charge in [-0.2, -0.15) is 0 Å². The zero-order valence-corrected chi connectivity index (χ0v) is 14.0. The number of nitrogens with zero attached hydrogens (tertiary/aromatic N) is 1. The highest BCUT2D eigenvalue weighted by molar-refractivity contribution is 7.89. The minimum atomic E-state index is -3.43. The second-order valence-corrected chi connectivity index (χ2v) is 6.76. The number of methoxy groups -OCH3 is 1. The number of ether oxygens (including phenoxy) is 1. The molecule has 0 bridgehead atoms. The zero-order chi connectivity index (χ0) is 15.7. The monoisotopic (exact) mass is 317 g/mol. The van der Waals surface area contributed by atoms with Gasteiger partial charge in [-0.25, -0.2) is 13.1 Å². The van der Waals surface area contributed by atoms with Crippen molar-refractivity contribution in [3.63, 3.8) is 0 Å². The lowest BCUT2D eigenvalue weighted by Crippen LogP contribution is -2.24. The molecule has 0 aromatic carbocycles. The summed E-state index contributed by atoms with van der Waals surface area (Å²) in [5, 5.41) is 3.06. The van der Waals surface area contributed by atoms with Crippen molar-refractivity contribution in [3.8, 4) is 0 Å². The highest BCUT2D eigenvalue weighted by atomic mass is 32.2. The summed E-state index contributed by atoms with van der Waals surface area (Å²) in [5.74, 6) is 0. The predicted molar refractivity (Wildman–Crippen MR) is 83.8 cm³/mol. The summed E-state index contributed by atoms with van der Waals surface area (Å²) < 4.78 is 34.1. The lowest BCUT2D eigenvalue weighted by molar-refractivity contribution is 0.193. The van der Waals surface area contributed by atoms with E-state index in [2.05, 4.69) is 17.0 Å². The Hall–Kier alpha value is -0.890. The average molecular weight is 317 g/mol. The first kappa shape index (κ1) is 18.2. The molecule has 0 fully saturated rings. The number of hydrogen-bond acceptors (Lipinski definition) is 4. The fourth-order valence-electron chi connectivity index (χ4n) is 2.11. The van der Waals surface area contributed by atoms with E-state index in [-0.39, 0.29) is 0 Å². The van der Waals surface area contributed by atoms with E-state index in [4.69, 9.17) is 4.74 Å². The van der Waals surface area contributed by atoms with Crippen LogP contribution >= 0.6 is 0 Å². The molecule has 7 heteroatoms. The third-order valence-corrected chi connectivity index (χ3v) is 4.59. The van der Waals surface area contributed by atoms with Crippen LogP contribution in [0.1, 0.15) is 31.9 Å². The van der Waals surface area contributed by atoms with E-state index >= 15 is 0 Å². The molecule has 0 saturated heterocycles. The molecule has 0 spiro atoms. The predicted octanol–water partition coefficient (Wildman–Crippen LogP) is 1.32. The summed E-state index contributed by atoms with van der Waals surface area (Å²) in [7, 11) is 0.0703. The molecule has 1 aromatic heterocycles. The molecule has 2 N–H and O–H groups in total. The highest BCUT2D eigenvalue weighted by Crippen LogP contribution is 2.15. The van der Waals surface area contributed by atoms with E-state index in [9.17, 15) is 8.42 Å². The first-order valence-electron chi connectivity index (χ1n) is 7.37. The molecular formula is C14H27N3O3S. The normalized spacial score (nSPS) is 12.0. The standard InChI is InChI=1S/C14H27N3O3S/c1-4-8-17-12-14(10-13(17)11-15-2)21(18,19)16-7-5-6-9-20-3/h10,12,15-16H,4-9,11H2,1-3H3. The summed E-state index contributed by atoms with van der Waals surface area (Å²) in [5.41, 5.74) is 0.985. The molecule has 21 heavy (non-hydrogen) atoms. The summed E-state index contributed by atoms with van der Waals surface area (Å²) >= 11 is 0. The lowest BCUT2D eigenvalue weighted by Gasteiger charge is -2.06. The molecule has 122 valence electrons. The van der Waals surface area contributed by atoms with Crippen molar-refractivity contribution in [1.29, 1.82) is 0 Å². The zero-order valence-electron chi connectivity index (χ0n) is 13.2. The Morgan fingerprint density at radius 2 is 2.10 bits per heavy atom. The van der Waals surface area contributed by atoms with Gasteiger partial charge in [0.2, 0.25) is 10.0 Å². The van der Waals surface area contributed by atoms with Crippen molar-refractivity contribution in [1.82, 2.24) is 14.6 Å². The molecule has 0 saturated carbocycles. The second kappa shape index (κ2) is 9.19. The van der Waals surface area contributed by atoms with Crippen molar-refractivity contribution >= 4 is 10.0 Å². The lowest BCUT2D eigenvalue weighted by atomic mass is 10.3. The molecule has 0 aliphatic heterocycles. The van der Waals surface area contributed by atoms with Crippen LogP contribution in [0.2, 0.25) is 0 Å². The maximum absolute atomic E-state index is 12.3. The third kappa shape index (κ3) is 5.78. The van der Waals surface area contributed by atoms with E-state index in [0.717, 1.165) is 31.5 Å². The molecule has 1 aromatic rings. The van der Waals surface area contributed by atoms with Gasteiger partial charge in [0.15, 0.2) is 0 Å². The van der Waals surface area contributed by atoms with Crippen LogP contribution in [0.15, 0.2) is 17.2 Å². The van der Waals surface area contributed by atoms with Crippen molar-refractivity contribution in [2.45, 2.75) is 44.2 Å². The third-order valence-electron chi connectivity index (χ3n) is 3.16. The van der Waals surface area contributed by atoms with Gasteiger partial charge in [-0.3, -0.25) is 0 Å². The van der Waals surface area contributed by atoms with E-state index < -0.39 is 10.0 Å². The van der Waals surface area contributed by atoms with Crippen LogP contribution in [0.3, 0.4) is 0 Å². The number of aromatic nitrogens is 1. The van der Waals surface area contributed by atoms with Crippen molar-refractivity contribution in [3.05, 3.63) is 18.0 Å². The summed E-state index contributed by atoms with van der Waals surface area (Å²) in [6.45, 7) is 4.64. The van der Waals surface area contributed by atoms with Gasteiger partial charge in [-0.15, -0.1) is 0 Å². The quantitative estimate of drug-likeness (QED) is 0.604. The van der Waals surface area contributed by atoms with Gasteiger partial charge in [-0.1, -0.05) is 6.92 Å². The summed E-state index contributed by atoms with van der Waals surface area (Å²) in [6.07, 6.45) is 4.30. The Labute approximate surface area is 127 Å². The number of rotatable bonds is 11. The first-order valence-corrected chi connectivity index (χ1v) is 8.85. The van der Waals surface area contributed by atoms with Gasteiger partial charge < -0.3 is 14.6 Å². The van der Waals surface area contributed by atoms with Gasteiger partial charge in [0.1, 0.15) is 0 Å². The largest absolute Gasteiger partial charge is 0.385 e. The van der Waals surface area contributed by atoms with Gasteiger partial charge in [0.25, 0.3) is 0 Å². The van der Waals surface area contributed by atoms with Gasteiger partial charge in [-0.05, 0) is 32.4 Å². The number of sulfonamides is 1.